The standard InChI is InChI=1S/C21H24N8O2/c1-12-14-7-3-4-8-15(14)24-16(23-12)11-29-19(30)17-18(27(2)21(29)31)26-20(25-17)28-9-5-6-13(22)10-28/h3-4,7-8,13H,5-6,9-11,22H2,1-2H3,(H,25,26)/t13-/m1/s1. The molecule has 1 atom stereocenters. The van der Waals surface area contributed by atoms with Crippen LogP contribution in [0.15, 0.2) is 33.9 Å². The predicted octanol–water partition coefficient (Wildman–Crippen LogP) is 0.651. The molecule has 10 nitrogen and oxygen atoms in total. The number of nitrogens with zero attached hydrogens (tertiary/aromatic N) is 6. The third-order valence-electron chi connectivity index (χ3n) is 5.86. The molecule has 0 bridgehead atoms. The van der Waals surface area contributed by atoms with Gasteiger partial charge in [-0.3, -0.25) is 13.9 Å². The Bertz CT molecular complexity index is 1420. The second-order valence-electron chi connectivity index (χ2n) is 8.08. The van der Waals surface area contributed by atoms with Gasteiger partial charge < -0.3 is 15.6 Å². The Morgan fingerprint density at radius 3 is 2.81 bits per heavy atom. The molecule has 0 spiro atoms. The van der Waals surface area contributed by atoms with Gasteiger partial charge in [-0.05, 0) is 25.8 Å². The van der Waals surface area contributed by atoms with Gasteiger partial charge in [-0.1, -0.05) is 18.2 Å². The third kappa shape index (κ3) is 3.28. The van der Waals surface area contributed by atoms with E-state index in [2.05, 4.69) is 19.9 Å². The van der Waals surface area contributed by atoms with Crippen LogP contribution in [0.4, 0.5) is 5.95 Å². The van der Waals surface area contributed by atoms with Crippen LogP contribution in [-0.2, 0) is 13.6 Å². The van der Waals surface area contributed by atoms with Gasteiger partial charge in [0, 0.05) is 37.3 Å². The minimum absolute atomic E-state index is 0.0178. The van der Waals surface area contributed by atoms with E-state index in [0.717, 1.165) is 40.6 Å². The smallest absolute Gasteiger partial charge is 0.332 e. The summed E-state index contributed by atoms with van der Waals surface area (Å²) in [6.45, 7) is 3.34. The molecule has 10 heteroatoms. The van der Waals surface area contributed by atoms with Gasteiger partial charge in [-0.25, -0.2) is 14.8 Å². The lowest BCUT2D eigenvalue weighted by Crippen LogP contribution is -2.43. The lowest BCUT2D eigenvalue weighted by molar-refractivity contribution is 0.501. The Kier molecular flexibility index (Phi) is 4.58. The molecule has 4 heterocycles. The van der Waals surface area contributed by atoms with Crippen molar-refractivity contribution in [1.82, 2.24) is 29.1 Å². The number of rotatable bonds is 3. The van der Waals surface area contributed by atoms with Crippen LogP contribution in [0.2, 0.25) is 0 Å². The van der Waals surface area contributed by atoms with Crippen molar-refractivity contribution in [1.29, 1.82) is 0 Å². The molecule has 0 radical (unpaired) electrons. The van der Waals surface area contributed by atoms with Crippen LogP contribution in [0.25, 0.3) is 22.1 Å². The molecule has 1 fully saturated rings. The molecule has 31 heavy (non-hydrogen) atoms. The zero-order valence-electron chi connectivity index (χ0n) is 17.5. The van der Waals surface area contributed by atoms with E-state index in [1.165, 1.54) is 4.57 Å². The third-order valence-corrected chi connectivity index (χ3v) is 5.86. The number of aromatic amines is 1. The molecule has 0 aliphatic carbocycles. The number of hydrogen-bond donors (Lipinski definition) is 2. The quantitative estimate of drug-likeness (QED) is 0.498. The summed E-state index contributed by atoms with van der Waals surface area (Å²) in [5, 5.41) is 0.944. The van der Waals surface area contributed by atoms with Crippen LogP contribution >= 0.6 is 0 Å². The Labute approximate surface area is 177 Å². The number of benzene rings is 1. The Morgan fingerprint density at radius 1 is 1.19 bits per heavy atom. The molecule has 1 aliphatic rings. The molecule has 0 amide bonds. The molecule has 1 saturated heterocycles. The second kappa shape index (κ2) is 7.31. The monoisotopic (exact) mass is 420 g/mol. The van der Waals surface area contributed by atoms with Gasteiger partial charge in [0.1, 0.15) is 5.82 Å². The number of nitrogens with one attached hydrogen (secondary N) is 1. The number of aromatic nitrogens is 6. The van der Waals surface area contributed by atoms with Gasteiger partial charge in [0.15, 0.2) is 11.2 Å². The summed E-state index contributed by atoms with van der Waals surface area (Å²) in [5.74, 6) is 0.976. The highest BCUT2D eigenvalue weighted by atomic mass is 16.2. The van der Waals surface area contributed by atoms with E-state index >= 15 is 0 Å². The first-order chi connectivity index (χ1) is 14.9. The molecule has 4 aromatic rings. The van der Waals surface area contributed by atoms with Crippen molar-refractivity contribution in [3.8, 4) is 0 Å². The average Bonchev–Trinajstić information content (AvgIpc) is 3.21. The number of para-hydroxylation sites is 1. The summed E-state index contributed by atoms with van der Waals surface area (Å²) < 4.78 is 2.53. The highest BCUT2D eigenvalue weighted by molar-refractivity contribution is 5.80. The lowest BCUT2D eigenvalue weighted by Gasteiger charge is -2.30. The second-order valence-corrected chi connectivity index (χ2v) is 8.08. The highest BCUT2D eigenvalue weighted by Crippen LogP contribution is 2.18. The highest BCUT2D eigenvalue weighted by Gasteiger charge is 2.22. The topological polar surface area (TPSA) is 128 Å². The van der Waals surface area contributed by atoms with E-state index in [1.54, 1.807) is 7.05 Å². The van der Waals surface area contributed by atoms with Crippen molar-refractivity contribution in [2.45, 2.75) is 32.4 Å². The van der Waals surface area contributed by atoms with Crippen LogP contribution in [0.3, 0.4) is 0 Å². The van der Waals surface area contributed by atoms with E-state index in [-0.39, 0.29) is 18.1 Å². The molecule has 1 aliphatic heterocycles. The van der Waals surface area contributed by atoms with Gasteiger partial charge in [0.2, 0.25) is 5.95 Å². The molecule has 0 saturated carbocycles. The van der Waals surface area contributed by atoms with Crippen molar-refractivity contribution >= 4 is 28.0 Å². The van der Waals surface area contributed by atoms with Gasteiger partial charge in [-0.15, -0.1) is 0 Å². The fourth-order valence-electron chi connectivity index (χ4n) is 4.24. The first kappa shape index (κ1) is 19.4. The zero-order chi connectivity index (χ0) is 21.7. The molecule has 3 aromatic heterocycles. The van der Waals surface area contributed by atoms with Crippen LogP contribution in [0.5, 0.6) is 0 Å². The van der Waals surface area contributed by atoms with Gasteiger partial charge in [-0.2, -0.15) is 4.98 Å². The van der Waals surface area contributed by atoms with Crippen molar-refractivity contribution < 1.29 is 0 Å². The van der Waals surface area contributed by atoms with E-state index in [1.807, 2.05) is 36.1 Å². The van der Waals surface area contributed by atoms with E-state index < -0.39 is 11.2 Å². The molecular formula is C21H24N8O2. The number of nitrogens with two attached hydrogens (primary N) is 1. The Balaban J connectivity index is 1.59. The Hall–Kier alpha value is -3.53. The molecule has 5 rings (SSSR count). The van der Waals surface area contributed by atoms with E-state index in [0.29, 0.717) is 24.0 Å². The van der Waals surface area contributed by atoms with Crippen molar-refractivity contribution in [3.05, 3.63) is 56.6 Å². The predicted molar refractivity (Wildman–Crippen MR) is 118 cm³/mol. The van der Waals surface area contributed by atoms with Crippen LogP contribution < -0.4 is 21.9 Å². The summed E-state index contributed by atoms with van der Waals surface area (Å²) in [5.41, 5.74) is 7.39. The molecule has 160 valence electrons. The number of imidazole rings is 1. The molecule has 3 N–H and O–H groups in total. The first-order valence-corrected chi connectivity index (χ1v) is 10.3. The maximum atomic E-state index is 13.2. The summed E-state index contributed by atoms with van der Waals surface area (Å²) >= 11 is 0. The summed E-state index contributed by atoms with van der Waals surface area (Å²) in [6.07, 6.45) is 1.92. The molecule has 0 unspecified atom stereocenters. The lowest BCUT2D eigenvalue weighted by atomic mass is 10.1. The normalized spacial score (nSPS) is 17.0. The number of H-pyrrole nitrogens is 1. The first-order valence-electron chi connectivity index (χ1n) is 10.3. The number of anilines is 1. The summed E-state index contributed by atoms with van der Waals surface area (Å²) in [6, 6.07) is 7.73. The van der Waals surface area contributed by atoms with Crippen LogP contribution in [0, 0.1) is 6.92 Å². The van der Waals surface area contributed by atoms with Gasteiger partial charge in [0.05, 0.1) is 12.1 Å². The SMILES string of the molecule is Cc1nc(Cn2c(=O)c3[nH]c(N4CCC[C@@H](N)C4)nc3n(C)c2=O)nc2ccccc12. The minimum atomic E-state index is -0.458. The van der Waals surface area contributed by atoms with Gasteiger partial charge >= 0.3 is 5.69 Å². The largest absolute Gasteiger partial charge is 0.341 e. The van der Waals surface area contributed by atoms with Gasteiger partial charge in [0.25, 0.3) is 5.56 Å². The van der Waals surface area contributed by atoms with Crippen molar-refractivity contribution in [2.75, 3.05) is 18.0 Å². The average molecular weight is 420 g/mol. The number of aryl methyl sites for hydroxylation is 2. The fourth-order valence-corrected chi connectivity index (χ4v) is 4.24. The molecule has 1 aromatic carbocycles. The fraction of sp³-hybridized carbons (Fsp3) is 0.381. The van der Waals surface area contributed by atoms with Crippen LogP contribution in [0.1, 0.15) is 24.4 Å². The van der Waals surface area contributed by atoms with Crippen molar-refractivity contribution in [3.63, 3.8) is 0 Å². The van der Waals surface area contributed by atoms with E-state index in [9.17, 15) is 9.59 Å². The number of piperidine rings is 1. The number of fused-ring (bicyclic) bond motifs is 2. The Morgan fingerprint density at radius 2 is 2.00 bits per heavy atom. The maximum Gasteiger partial charge on any atom is 0.332 e. The number of hydrogen-bond acceptors (Lipinski definition) is 7. The van der Waals surface area contributed by atoms with Crippen LogP contribution in [-0.4, -0.2) is 48.2 Å². The maximum absolute atomic E-state index is 13.2. The van der Waals surface area contributed by atoms with E-state index in [4.69, 9.17) is 5.73 Å². The molecular weight excluding hydrogens is 396 g/mol. The summed E-state index contributed by atoms with van der Waals surface area (Å²) in [4.78, 5) is 44.9. The zero-order valence-corrected chi connectivity index (χ0v) is 17.5. The minimum Gasteiger partial charge on any atom is -0.341 e. The van der Waals surface area contributed by atoms with Crippen molar-refractivity contribution in [2.24, 2.45) is 12.8 Å². The summed E-state index contributed by atoms with van der Waals surface area (Å²) in [7, 11) is 1.61.